The number of carboxylic acid groups (broad SMARTS) is 1. The van der Waals surface area contributed by atoms with Gasteiger partial charge in [-0.2, -0.15) is 18.3 Å². The summed E-state index contributed by atoms with van der Waals surface area (Å²) in [6.45, 7) is 0. The summed E-state index contributed by atoms with van der Waals surface area (Å²) < 4.78 is 45.9. The number of esters is 1. The Bertz CT molecular complexity index is 700. The molecular weight excluding hydrogens is 341 g/mol. The zero-order valence-corrected chi connectivity index (χ0v) is 13.7. The molecule has 3 atom stereocenters. The van der Waals surface area contributed by atoms with Crippen molar-refractivity contribution in [3.8, 4) is 0 Å². The maximum absolute atomic E-state index is 13.4. The van der Waals surface area contributed by atoms with Gasteiger partial charge in [0.2, 0.25) is 0 Å². The topological polar surface area (TPSA) is 81.4 Å². The Hall–Kier alpha value is -2.06. The molecule has 6 nitrogen and oxygen atoms in total. The van der Waals surface area contributed by atoms with Crippen LogP contribution in [-0.2, 0) is 15.7 Å². The van der Waals surface area contributed by atoms with E-state index in [1.54, 1.807) is 0 Å². The van der Waals surface area contributed by atoms with E-state index in [1.807, 2.05) is 0 Å². The molecule has 25 heavy (non-hydrogen) atoms. The molecule has 1 N–H and O–H groups in total. The van der Waals surface area contributed by atoms with Gasteiger partial charge in [0.1, 0.15) is 5.56 Å². The van der Waals surface area contributed by atoms with Crippen molar-refractivity contribution in [2.45, 2.75) is 50.7 Å². The second-order valence-corrected chi connectivity index (χ2v) is 6.82. The van der Waals surface area contributed by atoms with E-state index in [2.05, 4.69) is 5.10 Å². The minimum absolute atomic E-state index is 0.0720. The number of hydrogen-bond acceptors (Lipinski definition) is 4. The molecule has 0 aliphatic heterocycles. The summed E-state index contributed by atoms with van der Waals surface area (Å²) in [4.78, 5) is 23.3. The van der Waals surface area contributed by atoms with Gasteiger partial charge >= 0.3 is 18.1 Å². The third-order valence-corrected chi connectivity index (χ3v) is 5.67. The quantitative estimate of drug-likeness (QED) is 0.837. The fourth-order valence-electron chi connectivity index (χ4n) is 4.56. The Morgan fingerprint density at radius 3 is 2.68 bits per heavy atom. The predicted molar refractivity (Wildman–Crippen MR) is 78.9 cm³/mol. The highest BCUT2D eigenvalue weighted by Gasteiger charge is 2.53. The molecule has 138 valence electrons. The summed E-state index contributed by atoms with van der Waals surface area (Å²) in [5.41, 5.74) is -2.69. The van der Waals surface area contributed by atoms with E-state index in [-0.39, 0.29) is 11.9 Å². The lowest BCUT2D eigenvalue weighted by molar-refractivity contribution is -0.159. The molecule has 2 saturated carbocycles. The van der Waals surface area contributed by atoms with Gasteiger partial charge < -0.3 is 9.84 Å². The molecule has 2 aliphatic rings. The second kappa shape index (κ2) is 6.03. The number of rotatable bonds is 3. The molecule has 0 saturated heterocycles. The minimum Gasteiger partial charge on any atom is -0.478 e. The Morgan fingerprint density at radius 1 is 1.36 bits per heavy atom. The zero-order valence-electron chi connectivity index (χ0n) is 13.7. The van der Waals surface area contributed by atoms with Gasteiger partial charge in [0.05, 0.1) is 24.8 Å². The molecule has 2 fully saturated rings. The van der Waals surface area contributed by atoms with Gasteiger partial charge in [-0.3, -0.25) is 9.48 Å². The van der Waals surface area contributed by atoms with Gasteiger partial charge in [0.25, 0.3) is 0 Å². The number of halogens is 3. The van der Waals surface area contributed by atoms with Crippen LogP contribution in [0.5, 0.6) is 0 Å². The zero-order chi connectivity index (χ0) is 18.4. The van der Waals surface area contributed by atoms with Crippen LogP contribution in [0.2, 0.25) is 0 Å². The summed E-state index contributed by atoms with van der Waals surface area (Å²) >= 11 is 0. The summed E-state index contributed by atoms with van der Waals surface area (Å²) in [7, 11) is 1.33. The van der Waals surface area contributed by atoms with Gasteiger partial charge in [0.15, 0.2) is 5.69 Å². The number of carboxylic acids is 1. The number of aromatic carboxylic acids is 1. The van der Waals surface area contributed by atoms with E-state index in [1.165, 1.54) is 7.11 Å². The molecule has 1 aromatic rings. The molecular formula is C16H19F3N2O4. The van der Waals surface area contributed by atoms with Gasteiger partial charge in [-0.05, 0) is 38.0 Å². The Labute approximate surface area is 141 Å². The van der Waals surface area contributed by atoms with E-state index in [4.69, 9.17) is 9.84 Å². The normalized spacial score (nSPS) is 29.3. The molecule has 0 amide bonds. The Morgan fingerprint density at radius 2 is 2.08 bits per heavy atom. The van der Waals surface area contributed by atoms with Crippen LogP contribution in [0, 0.1) is 11.3 Å². The van der Waals surface area contributed by atoms with Crippen LogP contribution >= 0.6 is 0 Å². The van der Waals surface area contributed by atoms with E-state index in [9.17, 15) is 22.8 Å². The van der Waals surface area contributed by atoms with Crippen molar-refractivity contribution in [2.24, 2.45) is 11.3 Å². The number of carbonyl (C=O) groups excluding carboxylic acids is 1. The Kier molecular flexibility index (Phi) is 4.28. The van der Waals surface area contributed by atoms with Gasteiger partial charge in [-0.15, -0.1) is 0 Å². The largest absolute Gasteiger partial charge is 0.478 e. The monoisotopic (exact) mass is 360 g/mol. The lowest BCUT2D eigenvalue weighted by Gasteiger charge is -2.40. The van der Waals surface area contributed by atoms with Crippen LogP contribution in [0.15, 0.2) is 6.20 Å². The van der Waals surface area contributed by atoms with Crippen molar-refractivity contribution >= 4 is 11.9 Å². The molecule has 1 aromatic heterocycles. The summed E-state index contributed by atoms with van der Waals surface area (Å²) in [6, 6.07) is -0.578. The number of carbonyl (C=O) groups is 2. The number of nitrogens with zero attached hydrogens (tertiary/aromatic N) is 2. The van der Waals surface area contributed by atoms with Crippen LogP contribution in [0.3, 0.4) is 0 Å². The maximum Gasteiger partial charge on any atom is 0.433 e. The molecule has 0 unspecified atom stereocenters. The van der Waals surface area contributed by atoms with Crippen LogP contribution < -0.4 is 0 Å². The van der Waals surface area contributed by atoms with Crippen LogP contribution in [0.4, 0.5) is 13.2 Å². The highest BCUT2D eigenvalue weighted by molar-refractivity contribution is 5.88. The molecule has 9 heteroatoms. The van der Waals surface area contributed by atoms with Crippen molar-refractivity contribution in [1.82, 2.24) is 9.78 Å². The fourth-order valence-corrected chi connectivity index (χ4v) is 4.56. The van der Waals surface area contributed by atoms with E-state index in [0.717, 1.165) is 23.7 Å². The molecule has 2 aliphatic carbocycles. The summed E-state index contributed by atoms with van der Waals surface area (Å²) in [6.07, 6.45) is -0.678. The standard InChI is InChI=1S/C16H19F3N2O4/c1-25-14(24)15-5-2-3-9(15)7-10(4-6-15)21-12(16(17,18)19)11(8-20-21)13(22)23/h8-10H,2-7H2,1H3,(H,22,23)/t9-,10-,15-/m0/s1. The molecule has 0 aromatic carbocycles. The van der Waals surface area contributed by atoms with Crippen molar-refractivity contribution in [3.05, 3.63) is 17.5 Å². The first-order chi connectivity index (χ1) is 11.7. The first-order valence-electron chi connectivity index (χ1n) is 8.17. The lowest BCUT2D eigenvalue weighted by atomic mass is 9.66. The average molecular weight is 360 g/mol. The molecule has 0 radical (unpaired) electrons. The SMILES string of the molecule is COC(=O)[C@]12CCC[C@H]1C[C@@H](n1ncc(C(=O)O)c1C(F)(F)F)CC2. The number of ether oxygens (including phenoxy) is 1. The summed E-state index contributed by atoms with van der Waals surface area (Å²) in [5, 5.41) is 12.8. The lowest BCUT2D eigenvalue weighted by Crippen LogP contribution is -2.41. The molecule has 0 bridgehead atoms. The van der Waals surface area contributed by atoms with E-state index < -0.39 is 34.9 Å². The van der Waals surface area contributed by atoms with Gasteiger partial charge in [0, 0.05) is 0 Å². The first kappa shape index (κ1) is 17.8. The van der Waals surface area contributed by atoms with E-state index in [0.29, 0.717) is 25.7 Å². The third-order valence-electron chi connectivity index (χ3n) is 5.67. The predicted octanol–water partition coefficient (Wildman–Crippen LogP) is 3.28. The highest BCUT2D eigenvalue weighted by atomic mass is 19.4. The van der Waals surface area contributed by atoms with Gasteiger partial charge in [-0.25, -0.2) is 4.79 Å². The molecule has 1 heterocycles. The van der Waals surface area contributed by atoms with Crippen LogP contribution in [0.1, 0.15) is 60.6 Å². The second-order valence-electron chi connectivity index (χ2n) is 6.82. The van der Waals surface area contributed by atoms with Crippen molar-refractivity contribution in [1.29, 1.82) is 0 Å². The molecule has 3 rings (SSSR count). The third kappa shape index (κ3) is 2.79. The number of hydrogen-bond donors (Lipinski definition) is 1. The number of aromatic nitrogens is 2. The fraction of sp³-hybridized carbons (Fsp3) is 0.688. The Balaban J connectivity index is 1.93. The van der Waals surface area contributed by atoms with Crippen LogP contribution in [0.25, 0.3) is 0 Å². The van der Waals surface area contributed by atoms with Crippen molar-refractivity contribution in [2.75, 3.05) is 7.11 Å². The minimum atomic E-state index is -4.81. The van der Waals surface area contributed by atoms with Gasteiger partial charge in [-0.1, -0.05) is 6.42 Å². The van der Waals surface area contributed by atoms with Crippen molar-refractivity contribution < 1.29 is 32.6 Å². The van der Waals surface area contributed by atoms with Crippen LogP contribution in [-0.4, -0.2) is 33.9 Å². The molecule has 0 spiro atoms. The van der Waals surface area contributed by atoms with Crippen molar-refractivity contribution in [3.63, 3.8) is 0 Å². The smallest absolute Gasteiger partial charge is 0.433 e. The summed E-state index contributed by atoms with van der Waals surface area (Å²) in [5.74, 6) is -2.02. The first-order valence-corrected chi connectivity index (χ1v) is 8.17. The highest BCUT2D eigenvalue weighted by Crippen LogP contribution is 2.55. The van der Waals surface area contributed by atoms with E-state index >= 15 is 0 Å². The number of fused-ring (bicyclic) bond motifs is 1. The number of methoxy groups -OCH3 is 1. The average Bonchev–Trinajstić information content (AvgIpc) is 3.17. The maximum atomic E-state index is 13.4. The number of alkyl halides is 3.